The molecule has 1 amide bonds. The first-order valence-electron chi connectivity index (χ1n) is 7.81. The molecule has 0 atom stereocenters. The first-order chi connectivity index (χ1) is 12.1. The smallest absolute Gasteiger partial charge is 0.277 e. The molecule has 4 aromatic rings. The Hall–Kier alpha value is -2.57. The van der Waals surface area contributed by atoms with Crippen molar-refractivity contribution in [3.8, 4) is 10.4 Å². The Labute approximate surface area is 153 Å². The van der Waals surface area contributed by atoms with Crippen molar-refractivity contribution in [1.29, 1.82) is 0 Å². The molecule has 0 bridgehead atoms. The number of hydrogen-bond acceptors (Lipinski definition) is 5. The summed E-state index contributed by atoms with van der Waals surface area (Å²) in [4.78, 5) is 22.6. The van der Waals surface area contributed by atoms with Gasteiger partial charge in [-0.25, -0.2) is 9.97 Å². The van der Waals surface area contributed by atoms with E-state index in [1.165, 1.54) is 28.2 Å². The maximum atomic E-state index is 12.8. The Morgan fingerprint density at radius 1 is 1.00 bits per heavy atom. The third kappa shape index (κ3) is 3.18. The standard InChI is InChI=1S/C19H15N3OS2/c1-11-8-9-14-15(10-11)25-19(21-14)22-18(23)16-17(24-12(2)20-16)13-6-4-3-5-7-13/h3-10H,1-2H3,(H,21,22,23). The summed E-state index contributed by atoms with van der Waals surface area (Å²) in [6.07, 6.45) is 0. The van der Waals surface area contributed by atoms with Crippen LogP contribution in [0.1, 0.15) is 21.1 Å². The summed E-state index contributed by atoms with van der Waals surface area (Å²) in [5.74, 6) is -0.223. The molecule has 2 aromatic heterocycles. The topological polar surface area (TPSA) is 54.9 Å². The van der Waals surface area contributed by atoms with Crippen LogP contribution in [-0.4, -0.2) is 15.9 Å². The summed E-state index contributed by atoms with van der Waals surface area (Å²) >= 11 is 3.00. The zero-order valence-corrected chi connectivity index (χ0v) is 15.4. The van der Waals surface area contributed by atoms with Crippen molar-refractivity contribution in [1.82, 2.24) is 9.97 Å². The van der Waals surface area contributed by atoms with Crippen LogP contribution in [-0.2, 0) is 0 Å². The number of anilines is 1. The number of thiazole rings is 2. The molecule has 25 heavy (non-hydrogen) atoms. The Morgan fingerprint density at radius 3 is 2.60 bits per heavy atom. The maximum Gasteiger partial charge on any atom is 0.277 e. The average molecular weight is 365 g/mol. The van der Waals surface area contributed by atoms with E-state index in [2.05, 4.69) is 21.4 Å². The van der Waals surface area contributed by atoms with E-state index in [1.807, 2.05) is 56.3 Å². The molecule has 1 N–H and O–H groups in total. The lowest BCUT2D eigenvalue weighted by Gasteiger charge is -2.02. The van der Waals surface area contributed by atoms with Gasteiger partial charge in [-0.05, 0) is 37.1 Å². The Balaban J connectivity index is 1.67. The number of nitrogens with one attached hydrogen (secondary N) is 1. The predicted octanol–water partition coefficient (Wildman–Crippen LogP) is 5.29. The van der Waals surface area contributed by atoms with Gasteiger partial charge >= 0.3 is 0 Å². The van der Waals surface area contributed by atoms with E-state index < -0.39 is 0 Å². The highest BCUT2D eigenvalue weighted by Crippen LogP contribution is 2.32. The zero-order valence-electron chi connectivity index (χ0n) is 13.7. The molecule has 4 rings (SSSR count). The quantitative estimate of drug-likeness (QED) is 0.537. The van der Waals surface area contributed by atoms with Crippen molar-refractivity contribution in [2.75, 3.05) is 5.32 Å². The van der Waals surface area contributed by atoms with Crippen LogP contribution < -0.4 is 5.32 Å². The zero-order chi connectivity index (χ0) is 17.4. The fourth-order valence-electron chi connectivity index (χ4n) is 2.61. The number of carbonyl (C=O) groups excluding carboxylic acids is 1. The second kappa shape index (κ2) is 6.38. The molecule has 2 heterocycles. The highest BCUT2D eigenvalue weighted by Gasteiger charge is 2.19. The SMILES string of the molecule is Cc1ccc2nc(NC(=O)c3nc(C)sc3-c3ccccc3)sc2c1. The van der Waals surface area contributed by atoms with E-state index >= 15 is 0 Å². The number of carbonyl (C=O) groups is 1. The van der Waals surface area contributed by atoms with E-state index in [-0.39, 0.29) is 5.91 Å². The van der Waals surface area contributed by atoms with Gasteiger partial charge in [-0.15, -0.1) is 11.3 Å². The number of hydrogen-bond donors (Lipinski definition) is 1. The summed E-state index contributed by atoms with van der Waals surface area (Å²) < 4.78 is 1.06. The van der Waals surface area contributed by atoms with Gasteiger partial charge in [0.05, 0.1) is 20.1 Å². The molecule has 0 aliphatic carbocycles. The Morgan fingerprint density at radius 2 is 1.80 bits per heavy atom. The summed E-state index contributed by atoms with van der Waals surface area (Å²) in [5.41, 5.74) is 3.52. The molecular formula is C19H15N3OS2. The maximum absolute atomic E-state index is 12.8. The summed E-state index contributed by atoms with van der Waals surface area (Å²) in [6.45, 7) is 3.95. The Bertz CT molecular complexity index is 1070. The van der Waals surface area contributed by atoms with Gasteiger partial charge < -0.3 is 0 Å². The highest BCUT2D eigenvalue weighted by atomic mass is 32.1. The van der Waals surface area contributed by atoms with Gasteiger partial charge in [-0.1, -0.05) is 47.7 Å². The molecule has 0 saturated heterocycles. The van der Waals surface area contributed by atoms with Crippen molar-refractivity contribution in [3.63, 3.8) is 0 Å². The van der Waals surface area contributed by atoms with Gasteiger partial charge in [0.1, 0.15) is 5.69 Å². The highest BCUT2D eigenvalue weighted by molar-refractivity contribution is 7.22. The molecule has 0 saturated carbocycles. The van der Waals surface area contributed by atoms with Crippen LogP contribution in [0.3, 0.4) is 0 Å². The first kappa shape index (κ1) is 15.9. The minimum absolute atomic E-state index is 0.223. The third-order valence-electron chi connectivity index (χ3n) is 3.75. The minimum atomic E-state index is -0.223. The van der Waals surface area contributed by atoms with Crippen molar-refractivity contribution < 1.29 is 4.79 Å². The summed E-state index contributed by atoms with van der Waals surface area (Å²) in [5, 5.41) is 4.36. The molecule has 0 aliphatic heterocycles. The number of rotatable bonds is 3. The molecule has 4 nitrogen and oxygen atoms in total. The molecule has 0 spiro atoms. The number of benzene rings is 2. The molecule has 0 unspecified atom stereocenters. The predicted molar refractivity (Wildman–Crippen MR) is 105 cm³/mol. The van der Waals surface area contributed by atoms with Crippen LogP contribution >= 0.6 is 22.7 Å². The van der Waals surface area contributed by atoms with Gasteiger partial charge in [0.15, 0.2) is 5.13 Å². The van der Waals surface area contributed by atoms with E-state index in [0.29, 0.717) is 10.8 Å². The molecular weight excluding hydrogens is 350 g/mol. The molecule has 0 aliphatic rings. The summed E-state index contributed by atoms with van der Waals surface area (Å²) in [7, 11) is 0. The lowest BCUT2D eigenvalue weighted by atomic mass is 10.1. The van der Waals surface area contributed by atoms with Crippen LogP contribution in [0.5, 0.6) is 0 Å². The van der Waals surface area contributed by atoms with Crippen LogP contribution in [0, 0.1) is 13.8 Å². The van der Waals surface area contributed by atoms with Crippen LogP contribution in [0.15, 0.2) is 48.5 Å². The van der Waals surface area contributed by atoms with Crippen molar-refractivity contribution in [3.05, 3.63) is 64.8 Å². The van der Waals surface area contributed by atoms with Crippen LogP contribution in [0.2, 0.25) is 0 Å². The summed E-state index contributed by atoms with van der Waals surface area (Å²) in [6, 6.07) is 15.9. The third-order valence-corrected chi connectivity index (χ3v) is 5.70. The molecule has 124 valence electrons. The average Bonchev–Trinajstić information content (AvgIpc) is 3.18. The van der Waals surface area contributed by atoms with E-state index in [1.54, 1.807) is 0 Å². The van der Waals surface area contributed by atoms with Crippen molar-refractivity contribution >= 4 is 43.9 Å². The number of aromatic nitrogens is 2. The van der Waals surface area contributed by atoms with Gasteiger partial charge in [0, 0.05) is 0 Å². The lowest BCUT2D eigenvalue weighted by Crippen LogP contribution is -2.13. The van der Waals surface area contributed by atoms with Crippen molar-refractivity contribution in [2.24, 2.45) is 0 Å². The Kier molecular flexibility index (Phi) is 4.07. The fraction of sp³-hybridized carbons (Fsp3) is 0.105. The second-order valence-electron chi connectivity index (χ2n) is 5.72. The fourth-order valence-corrected chi connectivity index (χ4v) is 4.49. The van der Waals surface area contributed by atoms with Crippen LogP contribution in [0.4, 0.5) is 5.13 Å². The minimum Gasteiger partial charge on any atom is -0.296 e. The van der Waals surface area contributed by atoms with E-state index in [9.17, 15) is 4.79 Å². The number of aryl methyl sites for hydroxylation is 2. The normalized spacial score (nSPS) is 11.0. The van der Waals surface area contributed by atoms with Crippen molar-refractivity contribution in [2.45, 2.75) is 13.8 Å². The number of amides is 1. The molecule has 0 fully saturated rings. The van der Waals surface area contributed by atoms with E-state index in [0.717, 1.165) is 25.7 Å². The van der Waals surface area contributed by atoms with Gasteiger partial charge in [-0.3, -0.25) is 10.1 Å². The monoisotopic (exact) mass is 365 g/mol. The number of fused-ring (bicyclic) bond motifs is 1. The largest absolute Gasteiger partial charge is 0.296 e. The number of nitrogens with zero attached hydrogens (tertiary/aromatic N) is 2. The molecule has 2 aromatic carbocycles. The van der Waals surface area contributed by atoms with Gasteiger partial charge in [0.2, 0.25) is 0 Å². The lowest BCUT2D eigenvalue weighted by molar-refractivity contribution is 0.102. The van der Waals surface area contributed by atoms with Gasteiger partial charge in [-0.2, -0.15) is 0 Å². The molecule has 6 heteroatoms. The van der Waals surface area contributed by atoms with Crippen LogP contribution in [0.25, 0.3) is 20.7 Å². The molecule has 0 radical (unpaired) electrons. The first-order valence-corrected chi connectivity index (χ1v) is 9.45. The van der Waals surface area contributed by atoms with Gasteiger partial charge in [0.25, 0.3) is 5.91 Å². The van der Waals surface area contributed by atoms with E-state index in [4.69, 9.17) is 0 Å². The second-order valence-corrected chi connectivity index (χ2v) is 7.95.